The molecule has 1 heterocycles. The van der Waals surface area contributed by atoms with E-state index in [0.717, 1.165) is 16.9 Å². The van der Waals surface area contributed by atoms with Gasteiger partial charge in [-0.05, 0) is 35.6 Å². The third-order valence-electron chi connectivity index (χ3n) is 3.78. The van der Waals surface area contributed by atoms with E-state index in [1.165, 1.54) is 12.0 Å². The molecule has 0 bridgehead atoms. The lowest BCUT2D eigenvalue weighted by molar-refractivity contribution is -0.147. The Morgan fingerprint density at radius 2 is 2.04 bits per heavy atom. The van der Waals surface area contributed by atoms with Crippen LogP contribution in [0.4, 0.5) is 4.79 Å². The number of fused-ring (bicyclic) bond motifs is 1. The van der Waals surface area contributed by atoms with E-state index in [-0.39, 0.29) is 5.92 Å². The number of nitrogens with zero attached hydrogens (tertiary/aromatic N) is 1. The molecule has 0 radical (unpaired) electrons. The summed E-state index contributed by atoms with van der Waals surface area (Å²) in [6.07, 6.45) is 0.146. The Kier molecular flexibility index (Phi) is 5.47. The molecule has 1 aromatic carbocycles. The molecule has 0 aliphatic carbocycles. The first kappa shape index (κ1) is 17.1. The first-order chi connectivity index (χ1) is 11.0. The van der Waals surface area contributed by atoms with Gasteiger partial charge in [0, 0.05) is 6.54 Å². The van der Waals surface area contributed by atoms with Gasteiger partial charge in [-0.2, -0.15) is 0 Å². The van der Waals surface area contributed by atoms with Gasteiger partial charge in [0.15, 0.2) is 6.04 Å². The summed E-state index contributed by atoms with van der Waals surface area (Å²) in [4.78, 5) is 26.0. The van der Waals surface area contributed by atoms with Gasteiger partial charge in [0.2, 0.25) is 0 Å². The molecule has 6 heteroatoms. The molecule has 1 aliphatic rings. The van der Waals surface area contributed by atoms with Crippen LogP contribution < -0.4 is 4.74 Å². The van der Waals surface area contributed by atoms with Crippen LogP contribution in [0.2, 0.25) is 0 Å². The first-order valence-electron chi connectivity index (χ1n) is 7.66. The molecule has 0 fully saturated rings. The fourth-order valence-electron chi connectivity index (χ4n) is 2.61. The highest BCUT2D eigenvalue weighted by atomic mass is 16.6. The molecule has 0 N–H and O–H groups in total. The van der Waals surface area contributed by atoms with E-state index in [2.05, 4.69) is 0 Å². The van der Waals surface area contributed by atoms with Crippen molar-refractivity contribution in [1.29, 1.82) is 0 Å². The topological polar surface area (TPSA) is 65.1 Å². The number of ether oxygens (including phenoxy) is 3. The summed E-state index contributed by atoms with van der Waals surface area (Å²) < 4.78 is 15.4. The van der Waals surface area contributed by atoms with Crippen LogP contribution >= 0.6 is 0 Å². The van der Waals surface area contributed by atoms with E-state index in [4.69, 9.17) is 14.2 Å². The highest BCUT2D eigenvalue weighted by Gasteiger charge is 2.37. The van der Waals surface area contributed by atoms with Crippen molar-refractivity contribution >= 4 is 12.1 Å². The fraction of sp³-hybridized carbons (Fsp3) is 0.529. The lowest BCUT2D eigenvalue weighted by Gasteiger charge is -2.35. The maximum absolute atomic E-state index is 12.3. The van der Waals surface area contributed by atoms with Gasteiger partial charge in [0.1, 0.15) is 5.75 Å². The standard InChI is InChI=1S/C17H23NO5/c1-11(2)10-23-17(20)18-8-7-12-9-13(21-3)5-6-14(12)15(18)16(19)22-4/h5-6,9,11,15H,7-8,10H2,1-4H3. The van der Waals surface area contributed by atoms with Crippen molar-refractivity contribution in [3.8, 4) is 5.75 Å². The molecule has 1 atom stereocenters. The Morgan fingerprint density at radius 1 is 1.30 bits per heavy atom. The Balaban J connectivity index is 2.30. The highest BCUT2D eigenvalue weighted by molar-refractivity contribution is 5.84. The maximum atomic E-state index is 12.3. The maximum Gasteiger partial charge on any atom is 0.410 e. The van der Waals surface area contributed by atoms with Crippen molar-refractivity contribution in [1.82, 2.24) is 4.90 Å². The molecule has 0 saturated carbocycles. The molecule has 1 unspecified atom stereocenters. The third kappa shape index (κ3) is 3.75. The van der Waals surface area contributed by atoms with Gasteiger partial charge in [0.25, 0.3) is 0 Å². The summed E-state index contributed by atoms with van der Waals surface area (Å²) in [5, 5.41) is 0. The number of benzene rings is 1. The van der Waals surface area contributed by atoms with E-state index in [1.54, 1.807) is 19.2 Å². The van der Waals surface area contributed by atoms with Crippen LogP contribution in [-0.2, 0) is 20.7 Å². The summed E-state index contributed by atoms with van der Waals surface area (Å²) in [5.74, 6) is 0.484. The molecular formula is C17H23NO5. The Labute approximate surface area is 136 Å². The van der Waals surface area contributed by atoms with Gasteiger partial charge in [-0.1, -0.05) is 19.9 Å². The molecule has 6 nitrogen and oxygen atoms in total. The van der Waals surface area contributed by atoms with Gasteiger partial charge in [0.05, 0.1) is 20.8 Å². The largest absolute Gasteiger partial charge is 0.497 e. The average molecular weight is 321 g/mol. The van der Waals surface area contributed by atoms with Crippen LogP contribution in [-0.4, -0.2) is 44.3 Å². The van der Waals surface area contributed by atoms with E-state index < -0.39 is 18.1 Å². The van der Waals surface area contributed by atoms with Crippen molar-refractivity contribution < 1.29 is 23.8 Å². The van der Waals surface area contributed by atoms with Gasteiger partial charge >= 0.3 is 12.1 Å². The minimum Gasteiger partial charge on any atom is -0.497 e. The zero-order chi connectivity index (χ0) is 17.0. The normalized spacial score (nSPS) is 16.7. The molecule has 2 rings (SSSR count). The molecule has 126 valence electrons. The number of rotatable bonds is 4. The SMILES string of the molecule is COC(=O)C1c2ccc(OC)cc2CCN1C(=O)OCC(C)C. The van der Waals surface area contributed by atoms with E-state index in [9.17, 15) is 9.59 Å². The van der Waals surface area contributed by atoms with Crippen LogP contribution in [0.25, 0.3) is 0 Å². The third-order valence-corrected chi connectivity index (χ3v) is 3.78. The van der Waals surface area contributed by atoms with Crippen LogP contribution in [0.15, 0.2) is 18.2 Å². The Morgan fingerprint density at radius 3 is 2.65 bits per heavy atom. The number of hydrogen-bond acceptors (Lipinski definition) is 5. The number of carbonyl (C=O) groups is 2. The highest BCUT2D eigenvalue weighted by Crippen LogP contribution is 2.33. The van der Waals surface area contributed by atoms with E-state index in [1.807, 2.05) is 19.9 Å². The predicted molar refractivity (Wildman–Crippen MR) is 84.3 cm³/mol. The van der Waals surface area contributed by atoms with Crippen molar-refractivity contribution in [2.45, 2.75) is 26.3 Å². The number of amides is 1. The fourth-order valence-corrected chi connectivity index (χ4v) is 2.61. The van der Waals surface area contributed by atoms with Crippen LogP contribution in [0.1, 0.15) is 31.0 Å². The molecule has 1 amide bonds. The van der Waals surface area contributed by atoms with Gasteiger partial charge in [-0.25, -0.2) is 9.59 Å². The predicted octanol–water partition coefficient (Wildman–Crippen LogP) is 2.56. The lowest BCUT2D eigenvalue weighted by Crippen LogP contribution is -2.44. The Bertz CT molecular complexity index is 584. The molecule has 0 saturated heterocycles. The number of esters is 1. The lowest BCUT2D eigenvalue weighted by atomic mass is 9.92. The van der Waals surface area contributed by atoms with Crippen LogP contribution in [0, 0.1) is 5.92 Å². The Hall–Kier alpha value is -2.24. The molecule has 0 aromatic heterocycles. The number of methoxy groups -OCH3 is 2. The van der Waals surface area contributed by atoms with E-state index in [0.29, 0.717) is 19.6 Å². The molecular weight excluding hydrogens is 298 g/mol. The second-order valence-corrected chi connectivity index (χ2v) is 5.90. The minimum atomic E-state index is -0.783. The van der Waals surface area contributed by atoms with Crippen molar-refractivity contribution in [3.63, 3.8) is 0 Å². The first-order valence-corrected chi connectivity index (χ1v) is 7.66. The second-order valence-electron chi connectivity index (χ2n) is 5.90. The minimum absolute atomic E-state index is 0.233. The van der Waals surface area contributed by atoms with Crippen molar-refractivity contribution in [3.05, 3.63) is 29.3 Å². The quantitative estimate of drug-likeness (QED) is 0.798. The van der Waals surface area contributed by atoms with Gasteiger partial charge in [-0.15, -0.1) is 0 Å². The molecule has 1 aliphatic heterocycles. The summed E-state index contributed by atoms with van der Waals surface area (Å²) in [6.45, 7) is 4.64. The zero-order valence-corrected chi connectivity index (χ0v) is 14.0. The van der Waals surface area contributed by atoms with Gasteiger partial charge < -0.3 is 14.2 Å². The summed E-state index contributed by atoms with van der Waals surface area (Å²) in [7, 11) is 2.91. The molecule has 1 aromatic rings. The zero-order valence-electron chi connectivity index (χ0n) is 14.0. The van der Waals surface area contributed by atoms with E-state index >= 15 is 0 Å². The average Bonchev–Trinajstić information content (AvgIpc) is 2.57. The monoisotopic (exact) mass is 321 g/mol. The summed E-state index contributed by atoms with van der Waals surface area (Å²) in [5.41, 5.74) is 1.73. The number of hydrogen-bond donors (Lipinski definition) is 0. The molecule has 0 spiro atoms. The van der Waals surface area contributed by atoms with Crippen LogP contribution in [0.3, 0.4) is 0 Å². The summed E-state index contributed by atoms with van der Waals surface area (Å²) >= 11 is 0. The summed E-state index contributed by atoms with van der Waals surface area (Å²) in [6, 6.07) is 4.69. The smallest absolute Gasteiger partial charge is 0.410 e. The van der Waals surface area contributed by atoms with Crippen LogP contribution in [0.5, 0.6) is 5.75 Å². The van der Waals surface area contributed by atoms with Crippen molar-refractivity contribution in [2.24, 2.45) is 5.92 Å². The molecule has 23 heavy (non-hydrogen) atoms. The second kappa shape index (κ2) is 7.35. The van der Waals surface area contributed by atoms with Crippen molar-refractivity contribution in [2.75, 3.05) is 27.4 Å². The van der Waals surface area contributed by atoms with Gasteiger partial charge in [-0.3, -0.25) is 4.90 Å². The number of carbonyl (C=O) groups excluding carboxylic acids is 2.